The van der Waals surface area contributed by atoms with Crippen LogP contribution in [-0.2, 0) is 0 Å². The quantitative estimate of drug-likeness (QED) is 0.871. The third-order valence-electron chi connectivity index (χ3n) is 2.93. The summed E-state index contributed by atoms with van der Waals surface area (Å²) >= 11 is 1.65. The molecule has 0 saturated heterocycles. The number of amides is 1. The molecule has 0 unspecified atom stereocenters. The number of anilines is 1. The summed E-state index contributed by atoms with van der Waals surface area (Å²) in [6, 6.07) is 11.9. The summed E-state index contributed by atoms with van der Waals surface area (Å²) in [5.74, 6) is -0.0466. The second-order valence-corrected chi connectivity index (χ2v) is 6.03. The van der Waals surface area contributed by atoms with Crippen molar-refractivity contribution in [3.63, 3.8) is 0 Å². The predicted octanol–water partition coefficient (Wildman–Crippen LogP) is 4.06. The zero-order valence-corrected chi connectivity index (χ0v) is 12.8. The molecule has 0 aliphatic heterocycles. The van der Waals surface area contributed by atoms with Crippen LogP contribution in [0.15, 0.2) is 41.8 Å². The lowest BCUT2D eigenvalue weighted by atomic mass is 10.1. The minimum atomic E-state index is -0.0466. The van der Waals surface area contributed by atoms with Gasteiger partial charge in [-0.25, -0.2) is 0 Å². The summed E-state index contributed by atoms with van der Waals surface area (Å²) in [5, 5.41) is 8.37. The van der Waals surface area contributed by atoms with E-state index >= 15 is 0 Å². The molecular weight excluding hydrogens is 268 g/mol. The molecule has 106 valence electrons. The summed E-state index contributed by atoms with van der Waals surface area (Å²) in [6.45, 7) is 6.12. The van der Waals surface area contributed by atoms with Gasteiger partial charge in [-0.3, -0.25) is 4.79 Å². The molecule has 3 nitrogen and oxygen atoms in total. The van der Waals surface area contributed by atoms with Gasteiger partial charge in [-0.1, -0.05) is 18.2 Å². The average Bonchev–Trinajstić information content (AvgIpc) is 2.92. The van der Waals surface area contributed by atoms with Crippen molar-refractivity contribution in [2.45, 2.75) is 32.9 Å². The van der Waals surface area contributed by atoms with Crippen molar-refractivity contribution in [3.05, 3.63) is 52.2 Å². The molecule has 4 heteroatoms. The smallest absolute Gasteiger partial charge is 0.253 e. The van der Waals surface area contributed by atoms with Crippen LogP contribution in [-0.4, -0.2) is 11.9 Å². The molecule has 0 saturated carbocycles. The Morgan fingerprint density at radius 1 is 1.10 bits per heavy atom. The number of thiophene rings is 1. The maximum absolute atomic E-state index is 12.4. The van der Waals surface area contributed by atoms with Gasteiger partial charge in [0.25, 0.3) is 5.91 Å². The molecule has 0 fully saturated rings. The van der Waals surface area contributed by atoms with Crippen LogP contribution in [0.2, 0.25) is 0 Å². The van der Waals surface area contributed by atoms with Gasteiger partial charge in [0.05, 0.1) is 11.6 Å². The monoisotopic (exact) mass is 288 g/mol. The summed E-state index contributed by atoms with van der Waals surface area (Å²) in [4.78, 5) is 13.6. The van der Waals surface area contributed by atoms with E-state index in [0.717, 1.165) is 10.6 Å². The van der Waals surface area contributed by atoms with Gasteiger partial charge >= 0.3 is 0 Å². The minimum absolute atomic E-state index is 0.0228. The molecule has 20 heavy (non-hydrogen) atoms. The molecule has 1 heterocycles. The molecule has 2 rings (SSSR count). The van der Waals surface area contributed by atoms with Gasteiger partial charge in [-0.15, -0.1) is 11.3 Å². The van der Waals surface area contributed by atoms with Crippen molar-refractivity contribution in [2.24, 2.45) is 0 Å². The second-order valence-electron chi connectivity index (χ2n) is 5.06. The summed E-state index contributed by atoms with van der Waals surface area (Å²) in [7, 11) is 0. The highest BCUT2D eigenvalue weighted by molar-refractivity contribution is 7.10. The Kier molecular flexibility index (Phi) is 4.79. The molecule has 0 bridgehead atoms. The summed E-state index contributed by atoms with van der Waals surface area (Å²) in [6.07, 6.45) is 0. The van der Waals surface area contributed by atoms with E-state index in [1.54, 1.807) is 11.3 Å². The van der Waals surface area contributed by atoms with Crippen LogP contribution in [0, 0.1) is 0 Å². The van der Waals surface area contributed by atoms with E-state index < -0.39 is 0 Å². The van der Waals surface area contributed by atoms with Crippen molar-refractivity contribution < 1.29 is 4.79 Å². The molecule has 1 aromatic carbocycles. The number of carbonyl (C=O) groups excluding carboxylic acids is 1. The Labute approximate surface area is 124 Å². The van der Waals surface area contributed by atoms with E-state index in [4.69, 9.17) is 0 Å². The maximum atomic E-state index is 12.4. The first-order chi connectivity index (χ1) is 9.58. The molecule has 0 aliphatic carbocycles. The van der Waals surface area contributed by atoms with Crippen molar-refractivity contribution in [3.8, 4) is 0 Å². The van der Waals surface area contributed by atoms with Crippen molar-refractivity contribution in [2.75, 3.05) is 5.32 Å². The highest BCUT2D eigenvalue weighted by Crippen LogP contribution is 2.21. The molecule has 0 aliphatic rings. The predicted molar refractivity (Wildman–Crippen MR) is 85.4 cm³/mol. The zero-order valence-electron chi connectivity index (χ0n) is 12.0. The van der Waals surface area contributed by atoms with Gasteiger partial charge in [0.15, 0.2) is 0 Å². The Balaban J connectivity index is 2.13. The van der Waals surface area contributed by atoms with Gasteiger partial charge in [0, 0.05) is 16.6 Å². The fourth-order valence-corrected chi connectivity index (χ4v) is 2.74. The van der Waals surface area contributed by atoms with Gasteiger partial charge < -0.3 is 10.6 Å². The number of nitrogens with one attached hydrogen (secondary N) is 2. The SMILES string of the molecule is CC(C)Nc1ccccc1C(=O)N[C@H](C)c1cccs1. The molecule has 1 atom stereocenters. The van der Waals surface area contributed by atoms with E-state index in [0.29, 0.717) is 11.6 Å². The van der Waals surface area contributed by atoms with Crippen LogP contribution in [0.3, 0.4) is 0 Å². The highest BCUT2D eigenvalue weighted by Gasteiger charge is 2.15. The fraction of sp³-hybridized carbons (Fsp3) is 0.312. The van der Waals surface area contributed by atoms with E-state index in [-0.39, 0.29) is 11.9 Å². The van der Waals surface area contributed by atoms with Crippen LogP contribution in [0.25, 0.3) is 0 Å². The largest absolute Gasteiger partial charge is 0.382 e. The Bertz CT molecular complexity index is 564. The molecular formula is C16H20N2OS. The van der Waals surface area contributed by atoms with Gasteiger partial charge in [-0.2, -0.15) is 0 Å². The minimum Gasteiger partial charge on any atom is -0.382 e. The average molecular weight is 288 g/mol. The summed E-state index contributed by atoms with van der Waals surface area (Å²) in [5.41, 5.74) is 1.56. The lowest BCUT2D eigenvalue weighted by Gasteiger charge is -2.17. The zero-order chi connectivity index (χ0) is 14.5. The van der Waals surface area contributed by atoms with E-state index in [2.05, 4.69) is 24.5 Å². The summed E-state index contributed by atoms with van der Waals surface area (Å²) < 4.78 is 0. The van der Waals surface area contributed by atoms with Crippen molar-refractivity contribution in [1.29, 1.82) is 0 Å². The topological polar surface area (TPSA) is 41.1 Å². The Morgan fingerprint density at radius 2 is 1.85 bits per heavy atom. The van der Waals surface area contributed by atoms with Crippen LogP contribution >= 0.6 is 11.3 Å². The number of rotatable bonds is 5. The normalized spacial score (nSPS) is 12.2. The Morgan fingerprint density at radius 3 is 2.50 bits per heavy atom. The number of benzene rings is 1. The first-order valence-electron chi connectivity index (χ1n) is 6.77. The van der Waals surface area contributed by atoms with Gasteiger partial charge in [0.2, 0.25) is 0 Å². The lowest BCUT2D eigenvalue weighted by Crippen LogP contribution is -2.27. The van der Waals surface area contributed by atoms with Crippen LogP contribution in [0.1, 0.15) is 42.0 Å². The van der Waals surface area contributed by atoms with E-state index in [9.17, 15) is 4.79 Å². The van der Waals surface area contributed by atoms with Crippen molar-refractivity contribution >= 4 is 22.9 Å². The first kappa shape index (κ1) is 14.6. The number of hydrogen-bond acceptors (Lipinski definition) is 3. The molecule has 0 spiro atoms. The molecule has 1 amide bonds. The van der Waals surface area contributed by atoms with Crippen LogP contribution < -0.4 is 10.6 Å². The van der Waals surface area contributed by atoms with Crippen LogP contribution in [0.5, 0.6) is 0 Å². The third-order valence-corrected chi connectivity index (χ3v) is 3.99. The molecule has 2 N–H and O–H groups in total. The number of para-hydroxylation sites is 1. The standard InChI is InChI=1S/C16H20N2OS/c1-11(2)17-14-8-5-4-7-13(14)16(19)18-12(3)15-9-6-10-20-15/h4-12,17H,1-3H3,(H,18,19)/t12-/m1/s1. The highest BCUT2D eigenvalue weighted by atomic mass is 32.1. The van der Waals surface area contributed by atoms with Gasteiger partial charge in [-0.05, 0) is 44.4 Å². The van der Waals surface area contributed by atoms with E-state index in [1.165, 1.54) is 0 Å². The lowest BCUT2D eigenvalue weighted by molar-refractivity contribution is 0.0941. The molecule has 0 radical (unpaired) electrons. The molecule has 1 aromatic heterocycles. The Hall–Kier alpha value is -1.81. The second kappa shape index (κ2) is 6.57. The third kappa shape index (κ3) is 3.61. The number of hydrogen-bond donors (Lipinski definition) is 2. The first-order valence-corrected chi connectivity index (χ1v) is 7.65. The number of carbonyl (C=O) groups is 1. The van der Waals surface area contributed by atoms with Crippen LogP contribution in [0.4, 0.5) is 5.69 Å². The molecule has 2 aromatic rings. The van der Waals surface area contributed by atoms with Gasteiger partial charge in [0.1, 0.15) is 0 Å². The maximum Gasteiger partial charge on any atom is 0.253 e. The van der Waals surface area contributed by atoms with Crippen molar-refractivity contribution in [1.82, 2.24) is 5.32 Å². The van der Waals surface area contributed by atoms with E-state index in [1.807, 2.05) is 48.7 Å². The fourth-order valence-electron chi connectivity index (χ4n) is 2.00.